The number of hydrogen-bond donors (Lipinski definition) is 1. The van der Waals surface area contributed by atoms with Gasteiger partial charge in [0, 0.05) is 28.2 Å². The first-order chi connectivity index (χ1) is 13.9. The molecule has 1 amide bonds. The SMILES string of the molecule is O=C(OCC(=O)N(c1ccccc1)[C@@H]1C=CS(=O)(=O)C1)c1c[nH]c2ccccc12. The minimum absolute atomic E-state index is 0.204. The van der Waals surface area contributed by atoms with Crippen molar-refractivity contribution in [3.8, 4) is 0 Å². The van der Waals surface area contributed by atoms with Crippen LogP contribution in [0.5, 0.6) is 0 Å². The number of ether oxygens (including phenoxy) is 1. The molecule has 29 heavy (non-hydrogen) atoms. The number of para-hydroxylation sites is 2. The summed E-state index contributed by atoms with van der Waals surface area (Å²) in [5.74, 6) is -1.33. The lowest BCUT2D eigenvalue weighted by atomic mass is 10.2. The second kappa shape index (κ2) is 7.56. The molecule has 1 aliphatic heterocycles. The molecule has 0 fully saturated rings. The van der Waals surface area contributed by atoms with Gasteiger partial charge in [-0.15, -0.1) is 0 Å². The summed E-state index contributed by atoms with van der Waals surface area (Å²) in [5, 5.41) is 1.81. The lowest BCUT2D eigenvalue weighted by Crippen LogP contribution is -2.43. The van der Waals surface area contributed by atoms with E-state index in [0.717, 1.165) is 10.9 Å². The van der Waals surface area contributed by atoms with Crippen LogP contribution in [0.3, 0.4) is 0 Å². The predicted molar refractivity (Wildman–Crippen MR) is 109 cm³/mol. The van der Waals surface area contributed by atoms with Crippen molar-refractivity contribution in [2.75, 3.05) is 17.3 Å². The lowest BCUT2D eigenvalue weighted by molar-refractivity contribution is -0.121. The predicted octanol–water partition coefficient (Wildman–Crippen LogP) is 2.67. The van der Waals surface area contributed by atoms with Gasteiger partial charge in [-0.1, -0.05) is 36.4 Å². The Bertz CT molecular complexity index is 1200. The Morgan fingerprint density at radius 1 is 1.07 bits per heavy atom. The molecule has 0 aliphatic carbocycles. The molecule has 0 saturated heterocycles. The third-order valence-corrected chi connectivity index (χ3v) is 6.06. The standard InChI is InChI=1S/C21H18N2O5S/c24-20(13-28-21(25)18-12-22-19-9-5-4-8-17(18)19)23(15-6-2-1-3-7-15)16-10-11-29(26,27)14-16/h1-12,16,22H,13-14H2/t16-/m1/s1. The van der Waals surface area contributed by atoms with Crippen LogP contribution in [-0.4, -0.2) is 43.7 Å². The van der Waals surface area contributed by atoms with Gasteiger partial charge in [0.1, 0.15) is 0 Å². The molecule has 148 valence electrons. The zero-order valence-corrected chi connectivity index (χ0v) is 16.1. The number of aromatic amines is 1. The summed E-state index contributed by atoms with van der Waals surface area (Å²) in [5.41, 5.74) is 1.66. The van der Waals surface area contributed by atoms with Crippen molar-refractivity contribution in [1.82, 2.24) is 4.98 Å². The first-order valence-electron chi connectivity index (χ1n) is 8.96. The number of sulfone groups is 1. The highest BCUT2D eigenvalue weighted by Gasteiger charge is 2.32. The Morgan fingerprint density at radius 3 is 2.52 bits per heavy atom. The molecule has 0 spiro atoms. The van der Waals surface area contributed by atoms with E-state index in [2.05, 4.69) is 4.98 Å². The average molecular weight is 410 g/mol. The summed E-state index contributed by atoms with van der Waals surface area (Å²) in [6, 6.07) is 15.3. The minimum atomic E-state index is -3.36. The van der Waals surface area contributed by atoms with E-state index >= 15 is 0 Å². The van der Waals surface area contributed by atoms with E-state index in [0.29, 0.717) is 16.6 Å². The number of carbonyl (C=O) groups is 2. The Kier molecular flexibility index (Phi) is 4.94. The van der Waals surface area contributed by atoms with Gasteiger partial charge in [0.2, 0.25) is 0 Å². The zero-order chi connectivity index (χ0) is 20.4. The maximum atomic E-state index is 12.9. The molecule has 1 atom stereocenters. The minimum Gasteiger partial charge on any atom is -0.452 e. The first-order valence-corrected chi connectivity index (χ1v) is 10.7. The molecule has 1 aromatic heterocycles. The molecular weight excluding hydrogens is 392 g/mol. The van der Waals surface area contributed by atoms with Gasteiger partial charge in [0.25, 0.3) is 5.91 Å². The third-order valence-electron chi connectivity index (χ3n) is 4.68. The number of nitrogens with zero attached hydrogens (tertiary/aromatic N) is 1. The number of rotatable bonds is 5. The van der Waals surface area contributed by atoms with Crippen LogP contribution in [0.4, 0.5) is 5.69 Å². The van der Waals surface area contributed by atoms with E-state index in [1.54, 1.807) is 42.6 Å². The highest BCUT2D eigenvalue weighted by atomic mass is 32.2. The number of anilines is 1. The molecule has 1 aliphatic rings. The van der Waals surface area contributed by atoms with E-state index in [9.17, 15) is 18.0 Å². The molecule has 2 heterocycles. The molecule has 0 radical (unpaired) electrons. The van der Waals surface area contributed by atoms with Crippen molar-refractivity contribution in [3.05, 3.63) is 77.8 Å². The molecule has 4 rings (SSSR count). The number of benzene rings is 2. The number of amides is 1. The molecular formula is C21H18N2O5S. The van der Waals surface area contributed by atoms with Gasteiger partial charge in [0.05, 0.1) is 17.4 Å². The Morgan fingerprint density at radius 2 is 1.79 bits per heavy atom. The second-order valence-corrected chi connectivity index (χ2v) is 8.58. The fourth-order valence-corrected chi connectivity index (χ4v) is 4.61. The van der Waals surface area contributed by atoms with Crippen molar-refractivity contribution < 1.29 is 22.7 Å². The number of nitrogens with one attached hydrogen (secondary N) is 1. The molecule has 0 bridgehead atoms. The van der Waals surface area contributed by atoms with E-state index in [1.165, 1.54) is 11.0 Å². The van der Waals surface area contributed by atoms with E-state index in [1.807, 2.05) is 18.2 Å². The van der Waals surface area contributed by atoms with Crippen LogP contribution in [0.2, 0.25) is 0 Å². The third kappa shape index (κ3) is 3.93. The molecule has 8 heteroatoms. The van der Waals surface area contributed by atoms with Gasteiger partial charge < -0.3 is 14.6 Å². The molecule has 1 N–H and O–H groups in total. The van der Waals surface area contributed by atoms with Crippen molar-refractivity contribution in [2.24, 2.45) is 0 Å². The van der Waals surface area contributed by atoms with Gasteiger partial charge in [-0.3, -0.25) is 4.79 Å². The number of esters is 1. The maximum Gasteiger partial charge on any atom is 0.340 e. The number of aromatic nitrogens is 1. The van der Waals surface area contributed by atoms with Crippen molar-refractivity contribution >= 4 is 38.3 Å². The topological polar surface area (TPSA) is 96.5 Å². The zero-order valence-electron chi connectivity index (χ0n) is 15.3. The average Bonchev–Trinajstić information content (AvgIpc) is 3.30. The summed E-state index contributed by atoms with van der Waals surface area (Å²) in [6.45, 7) is -0.502. The summed E-state index contributed by atoms with van der Waals surface area (Å²) >= 11 is 0. The fourth-order valence-electron chi connectivity index (χ4n) is 3.34. The van der Waals surface area contributed by atoms with Crippen LogP contribution in [0.1, 0.15) is 10.4 Å². The van der Waals surface area contributed by atoms with Gasteiger partial charge in [-0.2, -0.15) is 0 Å². The van der Waals surface area contributed by atoms with Crippen LogP contribution >= 0.6 is 0 Å². The van der Waals surface area contributed by atoms with Crippen molar-refractivity contribution in [2.45, 2.75) is 6.04 Å². The number of hydrogen-bond acceptors (Lipinski definition) is 5. The fraction of sp³-hybridized carbons (Fsp3) is 0.143. The van der Waals surface area contributed by atoms with Crippen molar-refractivity contribution in [3.63, 3.8) is 0 Å². The van der Waals surface area contributed by atoms with Crippen LogP contribution in [0, 0.1) is 0 Å². The highest BCUT2D eigenvalue weighted by Crippen LogP contribution is 2.23. The van der Waals surface area contributed by atoms with Gasteiger partial charge in [0.15, 0.2) is 16.4 Å². The molecule has 7 nitrogen and oxygen atoms in total. The molecule has 0 unspecified atom stereocenters. The van der Waals surface area contributed by atoms with Gasteiger partial charge >= 0.3 is 5.97 Å². The van der Waals surface area contributed by atoms with Gasteiger partial charge in [-0.05, 0) is 24.3 Å². The normalized spacial score (nSPS) is 17.3. The monoisotopic (exact) mass is 410 g/mol. The highest BCUT2D eigenvalue weighted by molar-refractivity contribution is 7.94. The summed E-state index contributed by atoms with van der Waals surface area (Å²) < 4.78 is 28.9. The largest absolute Gasteiger partial charge is 0.452 e. The van der Waals surface area contributed by atoms with Crippen LogP contribution in [0.25, 0.3) is 10.9 Å². The lowest BCUT2D eigenvalue weighted by Gasteiger charge is -2.27. The maximum absolute atomic E-state index is 12.9. The Balaban J connectivity index is 1.52. The quantitative estimate of drug-likeness (QED) is 0.653. The molecule has 0 saturated carbocycles. The second-order valence-electron chi connectivity index (χ2n) is 6.65. The summed E-state index contributed by atoms with van der Waals surface area (Å²) in [7, 11) is -3.36. The van der Waals surface area contributed by atoms with E-state index in [4.69, 9.17) is 4.74 Å². The van der Waals surface area contributed by atoms with E-state index in [-0.39, 0.29) is 5.75 Å². The Hall–Kier alpha value is -3.39. The van der Waals surface area contributed by atoms with Crippen LogP contribution in [-0.2, 0) is 19.4 Å². The van der Waals surface area contributed by atoms with Gasteiger partial charge in [-0.25, -0.2) is 13.2 Å². The van der Waals surface area contributed by atoms with Crippen LogP contribution < -0.4 is 4.90 Å². The smallest absolute Gasteiger partial charge is 0.340 e. The Labute approximate surface area is 167 Å². The van der Waals surface area contributed by atoms with Crippen molar-refractivity contribution in [1.29, 1.82) is 0 Å². The van der Waals surface area contributed by atoms with Crippen LogP contribution in [0.15, 0.2) is 72.3 Å². The first kappa shape index (κ1) is 18.9. The van der Waals surface area contributed by atoms with E-state index < -0.39 is 34.4 Å². The molecule has 2 aromatic carbocycles. The number of carbonyl (C=O) groups excluding carboxylic acids is 2. The summed E-state index contributed by atoms with van der Waals surface area (Å²) in [4.78, 5) is 29.7. The number of H-pyrrole nitrogens is 1. The molecule has 3 aromatic rings. The summed E-state index contributed by atoms with van der Waals surface area (Å²) in [6.07, 6.45) is 3.01. The number of fused-ring (bicyclic) bond motifs is 1.